The maximum atomic E-state index is 14.7. The fraction of sp³-hybridized carbons (Fsp3) is 0.600. The second kappa shape index (κ2) is 9.00. The molecule has 2 amide bonds. The smallest absolute Gasteiger partial charge is 0.407 e. The second-order valence-electron chi connectivity index (χ2n) is 11.2. The number of fused-ring (bicyclic) bond motifs is 1. The van der Waals surface area contributed by atoms with Gasteiger partial charge in [0.2, 0.25) is 5.91 Å². The molecule has 0 unspecified atom stereocenters. The Morgan fingerprint density at radius 1 is 1.21 bits per heavy atom. The fourth-order valence-corrected chi connectivity index (χ4v) is 4.85. The van der Waals surface area contributed by atoms with Gasteiger partial charge in [-0.3, -0.25) is 9.48 Å². The Balaban J connectivity index is 1.43. The summed E-state index contributed by atoms with van der Waals surface area (Å²) in [5.74, 6) is -0.592. The first-order chi connectivity index (χ1) is 15.9. The third-order valence-electron chi connectivity index (χ3n) is 6.34. The highest BCUT2D eigenvalue weighted by atomic mass is 19.1. The number of hydrogen-bond acceptors (Lipinski definition) is 5. The summed E-state index contributed by atoms with van der Waals surface area (Å²) >= 11 is 0. The number of carbonyl (C=O) groups is 2. The number of pyridine rings is 1. The zero-order valence-corrected chi connectivity index (χ0v) is 20.6. The quantitative estimate of drug-likeness (QED) is 0.674. The van der Waals surface area contributed by atoms with E-state index in [0.717, 1.165) is 49.7 Å². The number of nitrogens with one attached hydrogen (secondary N) is 2. The Labute approximate surface area is 199 Å². The maximum Gasteiger partial charge on any atom is 0.407 e. The highest BCUT2D eigenvalue weighted by Gasteiger charge is 2.33. The van der Waals surface area contributed by atoms with Gasteiger partial charge in [0.15, 0.2) is 0 Å². The first kappa shape index (κ1) is 24.2. The summed E-state index contributed by atoms with van der Waals surface area (Å²) in [7, 11) is 0. The molecule has 3 heterocycles. The molecule has 1 aliphatic carbocycles. The van der Waals surface area contributed by atoms with Crippen LogP contribution in [-0.2, 0) is 22.5 Å². The normalized spacial score (nSPS) is 21.6. The van der Waals surface area contributed by atoms with Crippen molar-refractivity contribution in [1.29, 1.82) is 0 Å². The van der Waals surface area contributed by atoms with Crippen LogP contribution < -0.4 is 10.6 Å². The zero-order chi connectivity index (χ0) is 24.7. The van der Waals surface area contributed by atoms with Crippen LogP contribution in [0.25, 0.3) is 11.1 Å². The largest absolute Gasteiger partial charge is 0.444 e. The fourth-order valence-electron chi connectivity index (χ4n) is 4.85. The lowest BCUT2D eigenvalue weighted by Crippen LogP contribution is -2.43. The molecule has 1 saturated carbocycles. The molecule has 2 aromatic rings. The number of ether oxygens (including phenoxy) is 1. The third kappa shape index (κ3) is 5.56. The standard InChI is InChI=1S/C25H34FN5O3/c1-24(2,3)34-23(33)29-16-8-6-7-15(9-16)22(32)30-21-10-17(19(26)13-27-21)18-12-28-31-14-25(4,5)11-20(18)31/h10,12-13,15-16H,6-9,11,14H2,1-5H3,(H,29,33)(H,27,30,32)/t15-,16-/m1/s1. The zero-order valence-electron chi connectivity index (χ0n) is 20.6. The summed E-state index contributed by atoms with van der Waals surface area (Å²) < 4.78 is 22.0. The van der Waals surface area contributed by atoms with Crippen LogP contribution in [0.2, 0.25) is 0 Å². The van der Waals surface area contributed by atoms with Crippen molar-refractivity contribution in [3.8, 4) is 11.1 Å². The minimum Gasteiger partial charge on any atom is -0.444 e. The van der Waals surface area contributed by atoms with Crippen molar-refractivity contribution in [3.05, 3.63) is 30.0 Å². The number of anilines is 1. The number of aromatic nitrogens is 3. The van der Waals surface area contributed by atoms with Crippen LogP contribution in [0.3, 0.4) is 0 Å². The van der Waals surface area contributed by atoms with Crippen LogP contribution in [0, 0.1) is 17.2 Å². The van der Waals surface area contributed by atoms with Gasteiger partial charge < -0.3 is 15.4 Å². The maximum absolute atomic E-state index is 14.7. The highest BCUT2D eigenvalue weighted by molar-refractivity contribution is 5.92. The molecule has 0 spiro atoms. The molecule has 0 bridgehead atoms. The summed E-state index contributed by atoms with van der Waals surface area (Å²) in [5, 5.41) is 10.1. The SMILES string of the molecule is CC1(C)Cc2c(-c3cc(NC(=O)[C@@H]4CCC[C@@H](NC(=O)OC(C)(C)C)C4)ncc3F)cnn2C1. The van der Waals surface area contributed by atoms with E-state index < -0.39 is 17.5 Å². The predicted molar refractivity (Wildman–Crippen MR) is 127 cm³/mol. The Hall–Kier alpha value is -2.97. The van der Waals surface area contributed by atoms with Crippen molar-refractivity contribution < 1.29 is 18.7 Å². The molecule has 4 rings (SSSR count). The molecular weight excluding hydrogens is 437 g/mol. The summed E-state index contributed by atoms with van der Waals surface area (Å²) in [6.07, 6.45) is 6.01. The Morgan fingerprint density at radius 3 is 2.71 bits per heavy atom. The van der Waals surface area contributed by atoms with Crippen molar-refractivity contribution in [2.75, 3.05) is 5.32 Å². The molecule has 1 aliphatic heterocycles. The van der Waals surface area contributed by atoms with Gasteiger partial charge in [0, 0.05) is 35.3 Å². The molecule has 9 heteroatoms. The molecule has 2 atom stereocenters. The van der Waals surface area contributed by atoms with Gasteiger partial charge in [-0.25, -0.2) is 14.2 Å². The van der Waals surface area contributed by atoms with Gasteiger partial charge in [0.1, 0.15) is 17.2 Å². The van der Waals surface area contributed by atoms with Crippen LogP contribution >= 0.6 is 0 Å². The lowest BCUT2D eigenvalue weighted by Gasteiger charge is -2.30. The average molecular weight is 472 g/mol. The van der Waals surface area contributed by atoms with Crippen LogP contribution in [0.4, 0.5) is 15.0 Å². The van der Waals surface area contributed by atoms with E-state index in [2.05, 4.69) is 34.6 Å². The van der Waals surface area contributed by atoms with E-state index >= 15 is 0 Å². The van der Waals surface area contributed by atoms with Gasteiger partial charge in [-0.1, -0.05) is 20.3 Å². The topological polar surface area (TPSA) is 98.1 Å². The van der Waals surface area contributed by atoms with E-state index in [9.17, 15) is 14.0 Å². The van der Waals surface area contributed by atoms with Crippen LogP contribution in [0.5, 0.6) is 0 Å². The van der Waals surface area contributed by atoms with Crippen molar-refractivity contribution in [2.45, 2.75) is 84.9 Å². The lowest BCUT2D eigenvalue weighted by molar-refractivity contribution is -0.121. The van der Waals surface area contributed by atoms with Crippen molar-refractivity contribution >= 4 is 17.8 Å². The van der Waals surface area contributed by atoms with Crippen molar-refractivity contribution in [3.63, 3.8) is 0 Å². The molecule has 184 valence electrons. The number of hydrogen-bond donors (Lipinski definition) is 2. The molecular formula is C25H34FN5O3. The van der Waals surface area contributed by atoms with Crippen molar-refractivity contribution in [1.82, 2.24) is 20.1 Å². The number of amides is 2. The summed E-state index contributed by atoms with van der Waals surface area (Å²) in [4.78, 5) is 29.2. The van der Waals surface area contributed by atoms with Crippen LogP contribution in [0.1, 0.15) is 66.0 Å². The molecule has 8 nitrogen and oxygen atoms in total. The van der Waals surface area contributed by atoms with Crippen molar-refractivity contribution in [2.24, 2.45) is 11.3 Å². The number of carbonyl (C=O) groups excluding carboxylic acids is 2. The molecule has 2 aromatic heterocycles. The first-order valence-corrected chi connectivity index (χ1v) is 11.9. The Kier molecular flexibility index (Phi) is 6.40. The second-order valence-corrected chi connectivity index (χ2v) is 11.2. The molecule has 0 radical (unpaired) electrons. The van der Waals surface area contributed by atoms with E-state index in [1.807, 2.05) is 25.5 Å². The summed E-state index contributed by atoms with van der Waals surface area (Å²) in [6, 6.07) is 1.45. The highest BCUT2D eigenvalue weighted by Crippen LogP contribution is 2.38. The molecule has 0 saturated heterocycles. The molecule has 34 heavy (non-hydrogen) atoms. The minimum absolute atomic E-state index is 0.0732. The predicted octanol–water partition coefficient (Wildman–Crippen LogP) is 4.69. The summed E-state index contributed by atoms with van der Waals surface area (Å²) in [6.45, 7) is 10.6. The van der Waals surface area contributed by atoms with E-state index in [1.54, 1.807) is 12.3 Å². The summed E-state index contributed by atoms with van der Waals surface area (Å²) in [5.41, 5.74) is 1.62. The molecule has 0 aromatic carbocycles. The van der Waals surface area contributed by atoms with Crippen LogP contribution in [0.15, 0.2) is 18.5 Å². The number of halogens is 1. The van der Waals surface area contributed by atoms with E-state index in [0.29, 0.717) is 17.8 Å². The van der Waals surface area contributed by atoms with Gasteiger partial charge in [0.25, 0.3) is 0 Å². The Morgan fingerprint density at radius 2 is 1.97 bits per heavy atom. The van der Waals surface area contributed by atoms with E-state index in [1.165, 1.54) is 0 Å². The number of rotatable bonds is 4. The number of alkyl carbamates (subject to hydrolysis) is 1. The minimum atomic E-state index is -0.576. The lowest BCUT2D eigenvalue weighted by atomic mass is 9.85. The van der Waals surface area contributed by atoms with Gasteiger partial charge in [-0.15, -0.1) is 0 Å². The van der Waals surface area contributed by atoms with Gasteiger partial charge in [0.05, 0.1) is 12.4 Å². The van der Waals surface area contributed by atoms with Gasteiger partial charge in [-0.2, -0.15) is 5.10 Å². The van der Waals surface area contributed by atoms with Gasteiger partial charge in [-0.05, 0) is 57.9 Å². The van der Waals surface area contributed by atoms with E-state index in [4.69, 9.17) is 4.74 Å². The number of nitrogens with zero attached hydrogens (tertiary/aromatic N) is 3. The average Bonchev–Trinajstić information content (AvgIpc) is 3.23. The van der Waals surface area contributed by atoms with Gasteiger partial charge >= 0.3 is 6.09 Å². The Bertz CT molecular complexity index is 1090. The van der Waals surface area contributed by atoms with E-state index in [-0.39, 0.29) is 23.3 Å². The third-order valence-corrected chi connectivity index (χ3v) is 6.34. The molecule has 1 fully saturated rings. The van der Waals surface area contributed by atoms with Crippen LogP contribution in [-0.4, -0.2) is 38.4 Å². The molecule has 2 aliphatic rings. The molecule has 2 N–H and O–H groups in total. The first-order valence-electron chi connectivity index (χ1n) is 11.9. The monoisotopic (exact) mass is 471 g/mol.